The van der Waals surface area contributed by atoms with Crippen LogP contribution in [-0.2, 0) is 14.3 Å². The minimum Gasteiger partial charge on any atom is -0.487 e. The first-order chi connectivity index (χ1) is 16.8. The van der Waals surface area contributed by atoms with E-state index in [0.717, 1.165) is 24.2 Å². The number of ether oxygens (including phenoxy) is 3. The summed E-state index contributed by atoms with van der Waals surface area (Å²) < 4.78 is 32.4. The summed E-state index contributed by atoms with van der Waals surface area (Å²) in [6, 6.07) is 13.7. The first-order valence-corrected chi connectivity index (χ1v) is 12.1. The van der Waals surface area contributed by atoms with E-state index in [2.05, 4.69) is 0 Å². The fraction of sp³-hybridized carbons (Fsp3) is 0.481. The number of hydrogen-bond acceptors (Lipinski definition) is 5. The van der Waals surface area contributed by atoms with Gasteiger partial charge in [0.05, 0.1) is 18.2 Å². The van der Waals surface area contributed by atoms with Crippen LogP contribution in [0.25, 0.3) is 0 Å². The smallest absolute Gasteiger partial charge is 0.303 e. The Bertz CT molecular complexity index is 1120. The van der Waals surface area contributed by atoms with Crippen molar-refractivity contribution in [2.75, 3.05) is 19.8 Å². The fourth-order valence-corrected chi connectivity index (χ4v) is 5.98. The second-order valence-electron chi connectivity index (χ2n) is 9.98. The monoisotopic (exact) mass is 483 g/mol. The molecule has 186 valence electrons. The molecule has 0 unspecified atom stereocenters. The van der Waals surface area contributed by atoms with Crippen molar-refractivity contribution in [2.24, 2.45) is 5.92 Å². The van der Waals surface area contributed by atoms with Gasteiger partial charge in [0.25, 0.3) is 5.91 Å². The molecule has 3 aliphatic rings. The zero-order valence-electron chi connectivity index (χ0n) is 19.7. The molecule has 4 atom stereocenters. The molecule has 2 aromatic rings. The third kappa shape index (κ3) is 4.35. The number of halogens is 1. The quantitative estimate of drug-likeness (QED) is 0.657. The van der Waals surface area contributed by atoms with E-state index < -0.39 is 22.9 Å². The van der Waals surface area contributed by atoms with Gasteiger partial charge in [0, 0.05) is 24.4 Å². The number of nitrogens with zero attached hydrogens (tertiary/aromatic N) is 1. The molecule has 35 heavy (non-hydrogen) atoms. The summed E-state index contributed by atoms with van der Waals surface area (Å²) in [7, 11) is 0. The maximum absolute atomic E-state index is 14.0. The topological polar surface area (TPSA) is 85.3 Å². The van der Waals surface area contributed by atoms with Crippen molar-refractivity contribution >= 4 is 11.9 Å². The van der Waals surface area contributed by atoms with Crippen molar-refractivity contribution in [3.05, 3.63) is 59.9 Å². The van der Waals surface area contributed by atoms with Gasteiger partial charge < -0.3 is 24.2 Å². The third-order valence-electron chi connectivity index (χ3n) is 7.77. The van der Waals surface area contributed by atoms with Gasteiger partial charge in [0.15, 0.2) is 18.2 Å². The number of rotatable bonds is 6. The number of carboxylic acids is 1. The van der Waals surface area contributed by atoms with Crippen molar-refractivity contribution in [1.29, 1.82) is 0 Å². The Morgan fingerprint density at radius 3 is 2.77 bits per heavy atom. The van der Waals surface area contributed by atoms with Crippen LogP contribution in [0, 0.1) is 11.7 Å². The second kappa shape index (κ2) is 9.15. The van der Waals surface area contributed by atoms with Crippen molar-refractivity contribution in [3.63, 3.8) is 0 Å². The largest absolute Gasteiger partial charge is 0.487 e. The SMILES string of the molecule is C[C@@]1(CCC(=O)O)Oc2ccccc2[C@@H]2OC[C@]3(CCCN3C(=O)COc3ccccc3F)C[C@H]21. The first kappa shape index (κ1) is 23.6. The van der Waals surface area contributed by atoms with Gasteiger partial charge in [-0.1, -0.05) is 30.3 Å². The minimum absolute atomic E-state index is 0.0198. The van der Waals surface area contributed by atoms with Crippen LogP contribution in [0.1, 0.15) is 50.7 Å². The van der Waals surface area contributed by atoms with Gasteiger partial charge >= 0.3 is 5.97 Å². The Morgan fingerprint density at radius 2 is 1.97 bits per heavy atom. The Labute approximate surface area is 203 Å². The van der Waals surface area contributed by atoms with Crippen molar-refractivity contribution in [3.8, 4) is 11.5 Å². The zero-order valence-corrected chi connectivity index (χ0v) is 19.7. The van der Waals surface area contributed by atoms with Gasteiger partial charge in [-0.05, 0) is 50.8 Å². The summed E-state index contributed by atoms with van der Waals surface area (Å²) in [4.78, 5) is 26.5. The van der Waals surface area contributed by atoms with Crippen LogP contribution >= 0.6 is 0 Å². The normalized spacial score (nSPS) is 29.3. The Balaban J connectivity index is 1.39. The molecule has 0 saturated carbocycles. The minimum atomic E-state index is -0.875. The van der Waals surface area contributed by atoms with E-state index in [4.69, 9.17) is 14.2 Å². The maximum Gasteiger partial charge on any atom is 0.303 e. The molecule has 1 N–H and O–H groups in total. The van der Waals surface area contributed by atoms with Gasteiger partial charge in [-0.3, -0.25) is 9.59 Å². The average molecular weight is 484 g/mol. The summed E-state index contributed by atoms with van der Waals surface area (Å²) >= 11 is 0. The second-order valence-corrected chi connectivity index (χ2v) is 9.98. The van der Waals surface area contributed by atoms with Crippen LogP contribution in [0.4, 0.5) is 4.39 Å². The van der Waals surface area contributed by atoms with Crippen LogP contribution in [0.3, 0.4) is 0 Å². The van der Waals surface area contributed by atoms with E-state index in [1.54, 1.807) is 12.1 Å². The molecule has 0 aliphatic carbocycles. The summed E-state index contributed by atoms with van der Waals surface area (Å²) in [5.41, 5.74) is -0.332. The van der Waals surface area contributed by atoms with Crippen LogP contribution < -0.4 is 9.47 Å². The Morgan fingerprint density at radius 1 is 1.20 bits per heavy atom. The number of para-hydroxylation sites is 2. The number of hydrogen-bond donors (Lipinski definition) is 1. The highest BCUT2D eigenvalue weighted by atomic mass is 19.1. The molecule has 0 aromatic heterocycles. The molecular weight excluding hydrogens is 453 g/mol. The summed E-state index contributed by atoms with van der Waals surface area (Å²) in [6.07, 6.45) is 2.31. The van der Waals surface area contributed by atoms with E-state index in [1.807, 2.05) is 36.1 Å². The highest BCUT2D eigenvalue weighted by Crippen LogP contribution is 2.55. The molecule has 1 amide bonds. The molecule has 3 heterocycles. The molecule has 0 radical (unpaired) electrons. The van der Waals surface area contributed by atoms with E-state index in [1.165, 1.54) is 12.1 Å². The van der Waals surface area contributed by atoms with Crippen molar-refractivity contribution in [1.82, 2.24) is 4.90 Å². The third-order valence-corrected chi connectivity index (χ3v) is 7.77. The number of carbonyl (C=O) groups is 2. The summed E-state index contributed by atoms with van der Waals surface area (Å²) in [5, 5.41) is 9.36. The molecule has 3 aliphatic heterocycles. The number of carbonyl (C=O) groups excluding carboxylic acids is 1. The fourth-order valence-electron chi connectivity index (χ4n) is 5.98. The Hall–Kier alpha value is -3.13. The number of carboxylic acid groups (broad SMARTS) is 1. The van der Waals surface area contributed by atoms with Crippen LogP contribution in [-0.4, -0.2) is 52.8 Å². The van der Waals surface area contributed by atoms with E-state index in [0.29, 0.717) is 26.0 Å². The highest BCUT2D eigenvalue weighted by Gasteiger charge is 2.57. The average Bonchev–Trinajstić information content (AvgIpc) is 3.25. The molecular formula is C27H30FNO6. The lowest BCUT2D eigenvalue weighted by molar-refractivity contribution is -0.180. The molecule has 2 saturated heterocycles. The first-order valence-electron chi connectivity index (χ1n) is 12.1. The summed E-state index contributed by atoms with van der Waals surface area (Å²) in [6.45, 7) is 2.65. The number of benzene rings is 2. The molecule has 2 fully saturated rings. The highest BCUT2D eigenvalue weighted by molar-refractivity contribution is 5.79. The van der Waals surface area contributed by atoms with Crippen LogP contribution in [0.5, 0.6) is 11.5 Å². The predicted molar refractivity (Wildman–Crippen MR) is 125 cm³/mol. The molecule has 0 bridgehead atoms. The van der Waals surface area contributed by atoms with Gasteiger partial charge in [0.1, 0.15) is 11.4 Å². The lowest BCUT2D eigenvalue weighted by Gasteiger charge is -2.54. The number of aliphatic carboxylic acids is 1. The lowest BCUT2D eigenvalue weighted by atomic mass is 9.68. The van der Waals surface area contributed by atoms with Gasteiger partial charge in [-0.2, -0.15) is 0 Å². The number of likely N-dealkylation sites (tertiary alicyclic amines) is 1. The van der Waals surface area contributed by atoms with Crippen LogP contribution in [0.15, 0.2) is 48.5 Å². The zero-order chi connectivity index (χ0) is 24.6. The van der Waals surface area contributed by atoms with Crippen LogP contribution in [0.2, 0.25) is 0 Å². The predicted octanol–water partition coefficient (Wildman–Crippen LogP) is 4.36. The molecule has 7 nitrogen and oxygen atoms in total. The molecule has 1 spiro atoms. The van der Waals surface area contributed by atoms with Crippen molar-refractivity contribution < 1.29 is 33.3 Å². The van der Waals surface area contributed by atoms with Gasteiger partial charge in [-0.15, -0.1) is 0 Å². The lowest BCUT2D eigenvalue weighted by Crippen LogP contribution is -2.61. The summed E-state index contributed by atoms with van der Waals surface area (Å²) in [5.74, 6) is -0.960. The number of amides is 1. The van der Waals surface area contributed by atoms with E-state index in [-0.39, 0.29) is 36.7 Å². The van der Waals surface area contributed by atoms with Gasteiger partial charge in [-0.25, -0.2) is 4.39 Å². The van der Waals surface area contributed by atoms with Crippen molar-refractivity contribution in [2.45, 2.75) is 56.3 Å². The maximum atomic E-state index is 14.0. The number of fused-ring (bicyclic) bond motifs is 3. The van der Waals surface area contributed by atoms with Gasteiger partial charge in [0.2, 0.25) is 0 Å². The molecule has 5 rings (SSSR count). The Kier molecular flexibility index (Phi) is 6.17. The molecule has 8 heteroatoms. The van der Waals surface area contributed by atoms with E-state index >= 15 is 0 Å². The standard InChI is InChI=1S/C27H30FNO6/c1-26(13-11-24(31)32)19-15-27(17-34-25(19)18-7-2-4-9-21(18)35-26)12-6-14-29(27)23(30)16-33-22-10-5-3-8-20(22)28/h2-5,7-10,19,25H,6,11-17H2,1H3,(H,31,32)/t19-,25+,26+,27+/m1/s1. The van der Waals surface area contributed by atoms with E-state index in [9.17, 15) is 19.1 Å². The molecule has 2 aromatic carbocycles.